The van der Waals surface area contributed by atoms with Gasteiger partial charge in [0.25, 0.3) is 0 Å². The summed E-state index contributed by atoms with van der Waals surface area (Å²) in [5.74, 6) is 0.742. The lowest BCUT2D eigenvalue weighted by atomic mass is 10.2. The molecule has 0 spiro atoms. The molecule has 4 nitrogen and oxygen atoms in total. The quantitative estimate of drug-likeness (QED) is 0.624. The van der Waals surface area contributed by atoms with Gasteiger partial charge in [-0.15, -0.1) is 11.8 Å². The molecule has 0 aromatic rings. The van der Waals surface area contributed by atoms with Crippen LogP contribution in [0.2, 0.25) is 0 Å². The van der Waals surface area contributed by atoms with Crippen LogP contribution in [0.1, 0.15) is 13.3 Å². The monoisotopic (exact) mass is 200 g/mol. The van der Waals surface area contributed by atoms with E-state index < -0.39 is 0 Å². The van der Waals surface area contributed by atoms with Crippen LogP contribution in [0.3, 0.4) is 0 Å². The second-order valence-corrected chi connectivity index (χ2v) is 4.71. The molecule has 0 aromatic carbocycles. The maximum atomic E-state index is 11.5. The maximum Gasteiger partial charge on any atom is 0.241 e. The number of Topliss-reactive ketones (excluding diaryl/α,β-unsaturated/α-hetero) is 1. The van der Waals surface area contributed by atoms with Crippen LogP contribution in [-0.2, 0) is 9.59 Å². The van der Waals surface area contributed by atoms with E-state index in [0.717, 1.165) is 5.75 Å². The van der Waals surface area contributed by atoms with Crippen molar-refractivity contribution in [1.29, 1.82) is 0 Å². The third-order valence-electron chi connectivity index (χ3n) is 2.59. The summed E-state index contributed by atoms with van der Waals surface area (Å²) >= 11 is 1.66. The Hall–Kier alpha value is -0.550. The van der Waals surface area contributed by atoms with Crippen LogP contribution < -0.4 is 5.73 Å². The number of fused-ring (bicyclic) bond motifs is 1. The first kappa shape index (κ1) is 9.02. The van der Waals surface area contributed by atoms with Gasteiger partial charge in [0.15, 0.2) is 5.78 Å². The SMILES string of the molecule is CC(=O)[C@H]1CSC2C[C@@H](N)C(=O)N21. The minimum atomic E-state index is -0.389. The molecule has 0 aliphatic carbocycles. The molecule has 0 radical (unpaired) electrons. The number of hydrogen-bond acceptors (Lipinski definition) is 4. The highest BCUT2D eigenvalue weighted by Crippen LogP contribution is 2.37. The van der Waals surface area contributed by atoms with E-state index in [1.807, 2.05) is 0 Å². The van der Waals surface area contributed by atoms with Gasteiger partial charge in [-0.05, 0) is 6.92 Å². The molecule has 13 heavy (non-hydrogen) atoms. The van der Waals surface area contributed by atoms with Crippen molar-refractivity contribution in [3.63, 3.8) is 0 Å². The first-order chi connectivity index (χ1) is 6.11. The number of nitrogens with two attached hydrogens (primary N) is 1. The molecule has 2 rings (SSSR count). The van der Waals surface area contributed by atoms with Gasteiger partial charge in [-0.2, -0.15) is 0 Å². The van der Waals surface area contributed by atoms with Gasteiger partial charge in [-0.3, -0.25) is 9.59 Å². The highest BCUT2D eigenvalue weighted by molar-refractivity contribution is 8.00. The summed E-state index contributed by atoms with van der Waals surface area (Å²) in [4.78, 5) is 24.4. The summed E-state index contributed by atoms with van der Waals surface area (Å²) < 4.78 is 0. The predicted octanol–water partition coefficient (Wildman–Crippen LogP) is -0.424. The van der Waals surface area contributed by atoms with Crippen LogP contribution in [0.5, 0.6) is 0 Å². The van der Waals surface area contributed by atoms with E-state index in [4.69, 9.17) is 5.73 Å². The van der Waals surface area contributed by atoms with E-state index in [9.17, 15) is 9.59 Å². The molecule has 5 heteroatoms. The van der Waals surface area contributed by atoms with Crippen LogP contribution in [0.15, 0.2) is 0 Å². The van der Waals surface area contributed by atoms with Crippen molar-refractivity contribution in [2.45, 2.75) is 30.8 Å². The lowest BCUT2D eigenvalue weighted by Gasteiger charge is -2.20. The first-order valence-electron chi connectivity index (χ1n) is 4.31. The van der Waals surface area contributed by atoms with Crippen molar-refractivity contribution in [2.75, 3.05) is 5.75 Å². The fraction of sp³-hybridized carbons (Fsp3) is 0.750. The van der Waals surface area contributed by atoms with Crippen LogP contribution in [-0.4, -0.2) is 39.8 Å². The smallest absolute Gasteiger partial charge is 0.241 e. The van der Waals surface area contributed by atoms with Crippen LogP contribution >= 0.6 is 11.8 Å². The molecule has 1 amide bonds. The lowest BCUT2D eigenvalue weighted by Crippen LogP contribution is -2.43. The zero-order chi connectivity index (χ0) is 9.59. The molecule has 2 fully saturated rings. The molecule has 2 aliphatic rings. The molecular formula is C8H12N2O2S. The fourth-order valence-corrected chi connectivity index (χ4v) is 3.42. The third-order valence-corrected chi connectivity index (χ3v) is 3.90. The van der Waals surface area contributed by atoms with Crippen molar-refractivity contribution in [3.8, 4) is 0 Å². The zero-order valence-corrected chi connectivity index (χ0v) is 8.21. The van der Waals surface area contributed by atoms with E-state index in [-0.39, 0.29) is 29.1 Å². The highest BCUT2D eigenvalue weighted by Gasteiger charge is 2.47. The Morgan fingerprint density at radius 3 is 3.00 bits per heavy atom. The molecule has 2 aliphatic heterocycles. The average molecular weight is 200 g/mol. The number of nitrogens with zero attached hydrogens (tertiary/aromatic N) is 1. The van der Waals surface area contributed by atoms with Crippen molar-refractivity contribution in [2.24, 2.45) is 5.73 Å². The Bertz CT molecular complexity index is 269. The fourth-order valence-electron chi connectivity index (χ4n) is 1.86. The zero-order valence-electron chi connectivity index (χ0n) is 7.40. The second-order valence-electron chi connectivity index (χ2n) is 3.50. The topological polar surface area (TPSA) is 63.4 Å². The number of carbonyl (C=O) groups is 2. The van der Waals surface area contributed by atoms with Gasteiger partial charge in [0, 0.05) is 12.2 Å². The van der Waals surface area contributed by atoms with E-state index in [1.54, 1.807) is 16.7 Å². The normalized spacial score (nSPS) is 38.2. The Morgan fingerprint density at radius 1 is 1.69 bits per heavy atom. The van der Waals surface area contributed by atoms with Gasteiger partial charge in [-0.1, -0.05) is 0 Å². The van der Waals surface area contributed by atoms with Crippen molar-refractivity contribution < 1.29 is 9.59 Å². The first-order valence-corrected chi connectivity index (χ1v) is 5.36. The number of amides is 1. The average Bonchev–Trinajstić information content (AvgIpc) is 2.55. The van der Waals surface area contributed by atoms with Crippen molar-refractivity contribution in [1.82, 2.24) is 4.90 Å². The summed E-state index contributed by atoms with van der Waals surface area (Å²) in [6.07, 6.45) is 0.688. The van der Waals surface area contributed by atoms with E-state index in [1.165, 1.54) is 6.92 Å². The van der Waals surface area contributed by atoms with Gasteiger partial charge in [0.1, 0.15) is 6.04 Å². The predicted molar refractivity (Wildman–Crippen MR) is 50.2 cm³/mol. The summed E-state index contributed by atoms with van der Waals surface area (Å²) in [5.41, 5.74) is 5.62. The standard InChI is InChI=1S/C8H12N2O2S/c1-4(11)6-3-13-7-2-5(9)8(12)10(6)7/h5-7H,2-3,9H2,1H3/t5-,6-,7?/m1/s1. The number of thioether (sulfide) groups is 1. The van der Waals surface area contributed by atoms with E-state index in [0.29, 0.717) is 6.42 Å². The minimum Gasteiger partial charge on any atom is -0.320 e. The van der Waals surface area contributed by atoms with Crippen molar-refractivity contribution >= 4 is 23.5 Å². The van der Waals surface area contributed by atoms with Crippen LogP contribution in [0, 0.1) is 0 Å². The van der Waals surface area contributed by atoms with E-state index >= 15 is 0 Å². The maximum absolute atomic E-state index is 11.5. The molecule has 3 atom stereocenters. The third kappa shape index (κ3) is 1.26. The Labute approximate surface area is 80.8 Å². The number of ketones is 1. The summed E-state index contributed by atoms with van der Waals surface area (Å²) in [5, 5.41) is 0.149. The Kier molecular flexibility index (Phi) is 2.08. The molecule has 1 unspecified atom stereocenters. The van der Waals surface area contributed by atoms with Crippen LogP contribution in [0.25, 0.3) is 0 Å². The molecule has 2 heterocycles. The minimum absolute atomic E-state index is 0.0600. The van der Waals surface area contributed by atoms with E-state index in [2.05, 4.69) is 0 Å². The summed E-state index contributed by atoms with van der Waals surface area (Å²) in [7, 11) is 0. The molecule has 0 aromatic heterocycles. The summed E-state index contributed by atoms with van der Waals surface area (Å²) in [6, 6.07) is -0.615. The van der Waals surface area contributed by atoms with Gasteiger partial charge in [0.2, 0.25) is 5.91 Å². The van der Waals surface area contributed by atoms with Gasteiger partial charge in [-0.25, -0.2) is 0 Å². The largest absolute Gasteiger partial charge is 0.320 e. The Morgan fingerprint density at radius 2 is 2.38 bits per heavy atom. The molecule has 2 saturated heterocycles. The van der Waals surface area contributed by atoms with Crippen molar-refractivity contribution in [3.05, 3.63) is 0 Å². The Balaban J connectivity index is 2.21. The number of hydrogen-bond donors (Lipinski definition) is 1. The highest BCUT2D eigenvalue weighted by atomic mass is 32.2. The molecular weight excluding hydrogens is 188 g/mol. The second kappa shape index (κ2) is 2.99. The number of carbonyl (C=O) groups excluding carboxylic acids is 2. The van der Waals surface area contributed by atoms with Gasteiger partial charge in [0.05, 0.1) is 11.4 Å². The van der Waals surface area contributed by atoms with Crippen LogP contribution in [0.4, 0.5) is 0 Å². The molecule has 72 valence electrons. The van der Waals surface area contributed by atoms with Gasteiger partial charge < -0.3 is 10.6 Å². The summed E-state index contributed by atoms with van der Waals surface area (Å²) in [6.45, 7) is 1.53. The molecule has 2 N–H and O–H groups in total. The number of rotatable bonds is 1. The molecule has 0 saturated carbocycles. The van der Waals surface area contributed by atoms with Gasteiger partial charge >= 0.3 is 0 Å². The lowest BCUT2D eigenvalue weighted by molar-refractivity contribution is -0.135. The molecule has 0 bridgehead atoms.